The largest absolute Gasteiger partial charge is 0.496 e. The lowest BCUT2D eigenvalue weighted by molar-refractivity contribution is 0.203. The first-order chi connectivity index (χ1) is 14.3. The molecule has 2 saturated carbocycles. The zero-order valence-corrected chi connectivity index (χ0v) is 18.2. The Balaban J connectivity index is 1.83. The van der Waals surface area contributed by atoms with E-state index in [0.29, 0.717) is 5.92 Å². The molecule has 2 heteroatoms. The highest BCUT2D eigenvalue weighted by Crippen LogP contribution is 2.50. The minimum atomic E-state index is 0.654. The lowest BCUT2D eigenvalue weighted by atomic mass is 9.66. The van der Waals surface area contributed by atoms with Crippen molar-refractivity contribution in [3.05, 3.63) is 48.0 Å². The van der Waals surface area contributed by atoms with Gasteiger partial charge in [-0.1, -0.05) is 68.9 Å². The highest BCUT2D eigenvalue weighted by Gasteiger charge is 2.34. The molecule has 0 saturated heterocycles. The molecular weight excluding hydrogens is 356 g/mol. The van der Waals surface area contributed by atoms with Crippen molar-refractivity contribution in [1.82, 2.24) is 0 Å². The number of ether oxygens (including phenoxy) is 2. The van der Waals surface area contributed by atoms with Gasteiger partial charge in [0.05, 0.1) is 19.8 Å². The average molecular weight is 393 g/mol. The zero-order valence-electron chi connectivity index (χ0n) is 18.2. The van der Waals surface area contributed by atoms with Crippen molar-refractivity contribution in [1.29, 1.82) is 0 Å². The molecule has 0 bridgehead atoms. The van der Waals surface area contributed by atoms with Gasteiger partial charge in [0.25, 0.3) is 0 Å². The third-order valence-electron chi connectivity index (χ3n) is 7.33. The topological polar surface area (TPSA) is 18.5 Å². The molecule has 0 atom stereocenters. The highest BCUT2D eigenvalue weighted by molar-refractivity contribution is 5.79. The first-order valence-electron chi connectivity index (χ1n) is 11.6. The standard InChI is InChI=1S/C27H36O2/c1-28-24-18-11-19-25(29-2)27(24)23-17-10-9-16-22(23)26(20-12-5-3-6-13-20)21-14-7-4-8-15-21/h9-11,16-21,26H,3-8,12-15H2,1-2H3. The summed E-state index contributed by atoms with van der Waals surface area (Å²) < 4.78 is 11.6. The molecule has 29 heavy (non-hydrogen) atoms. The molecule has 2 nitrogen and oxygen atoms in total. The van der Waals surface area contributed by atoms with E-state index >= 15 is 0 Å². The van der Waals surface area contributed by atoms with E-state index in [-0.39, 0.29) is 0 Å². The van der Waals surface area contributed by atoms with Gasteiger partial charge >= 0.3 is 0 Å². The predicted molar refractivity (Wildman–Crippen MR) is 121 cm³/mol. The molecule has 2 aliphatic carbocycles. The van der Waals surface area contributed by atoms with Crippen molar-refractivity contribution in [2.24, 2.45) is 11.8 Å². The van der Waals surface area contributed by atoms with E-state index in [1.54, 1.807) is 14.2 Å². The van der Waals surface area contributed by atoms with Crippen LogP contribution in [0.4, 0.5) is 0 Å². The van der Waals surface area contributed by atoms with Crippen molar-refractivity contribution in [2.75, 3.05) is 14.2 Å². The SMILES string of the molecule is COc1cccc(OC)c1-c1ccccc1C(C1CCCCC1)C1CCCCC1. The summed E-state index contributed by atoms with van der Waals surface area (Å²) in [5.74, 6) is 4.09. The second-order valence-electron chi connectivity index (χ2n) is 8.95. The fourth-order valence-corrected chi connectivity index (χ4v) is 6.01. The third-order valence-corrected chi connectivity index (χ3v) is 7.33. The first kappa shape index (κ1) is 20.3. The first-order valence-corrected chi connectivity index (χ1v) is 11.6. The quantitative estimate of drug-likeness (QED) is 0.503. The Hall–Kier alpha value is -1.96. The second-order valence-corrected chi connectivity index (χ2v) is 8.95. The van der Waals surface area contributed by atoms with Crippen molar-refractivity contribution < 1.29 is 9.47 Å². The molecule has 2 fully saturated rings. The number of benzene rings is 2. The molecule has 156 valence electrons. The molecule has 0 amide bonds. The maximum absolute atomic E-state index is 5.79. The normalized spacial score (nSPS) is 18.7. The Labute approximate surface area is 176 Å². The monoisotopic (exact) mass is 392 g/mol. The van der Waals surface area contributed by atoms with Gasteiger partial charge in [-0.15, -0.1) is 0 Å². The minimum absolute atomic E-state index is 0.654. The van der Waals surface area contributed by atoms with Crippen LogP contribution in [0, 0.1) is 11.8 Å². The summed E-state index contributed by atoms with van der Waals surface area (Å²) in [4.78, 5) is 0. The summed E-state index contributed by atoms with van der Waals surface area (Å²) in [5.41, 5.74) is 3.95. The van der Waals surface area contributed by atoms with E-state index in [4.69, 9.17) is 9.47 Å². The average Bonchev–Trinajstić information content (AvgIpc) is 2.80. The molecule has 2 aromatic carbocycles. The van der Waals surface area contributed by atoms with Crippen LogP contribution >= 0.6 is 0 Å². The smallest absolute Gasteiger partial charge is 0.130 e. The summed E-state index contributed by atoms with van der Waals surface area (Å²) in [7, 11) is 3.53. The van der Waals surface area contributed by atoms with Crippen molar-refractivity contribution >= 4 is 0 Å². The van der Waals surface area contributed by atoms with Crippen LogP contribution in [0.1, 0.15) is 75.7 Å². The van der Waals surface area contributed by atoms with E-state index < -0.39 is 0 Å². The predicted octanol–water partition coefficient (Wildman–Crippen LogP) is 7.62. The van der Waals surface area contributed by atoms with Gasteiger partial charge in [0, 0.05) is 0 Å². The lowest BCUT2D eigenvalue weighted by Gasteiger charge is -2.39. The van der Waals surface area contributed by atoms with Gasteiger partial charge in [0.2, 0.25) is 0 Å². The van der Waals surface area contributed by atoms with Crippen LogP contribution in [0.2, 0.25) is 0 Å². The number of methoxy groups -OCH3 is 2. The molecule has 0 aliphatic heterocycles. The minimum Gasteiger partial charge on any atom is -0.496 e. The van der Waals surface area contributed by atoms with Gasteiger partial charge < -0.3 is 9.47 Å². The van der Waals surface area contributed by atoms with Crippen LogP contribution in [0.25, 0.3) is 11.1 Å². The van der Waals surface area contributed by atoms with Crippen LogP contribution < -0.4 is 9.47 Å². The Morgan fingerprint density at radius 3 is 1.69 bits per heavy atom. The summed E-state index contributed by atoms with van der Waals surface area (Å²) in [6, 6.07) is 15.2. The summed E-state index contributed by atoms with van der Waals surface area (Å²) in [6.07, 6.45) is 14.0. The van der Waals surface area contributed by atoms with Crippen molar-refractivity contribution in [3.8, 4) is 22.6 Å². The summed E-state index contributed by atoms with van der Waals surface area (Å²) in [6.45, 7) is 0. The molecule has 0 spiro atoms. The maximum Gasteiger partial charge on any atom is 0.130 e. The number of hydrogen-bond acceptors (Lipinski definition) is 2. The van der Waals surface area contributed by atoms with Crippen LogP contribution in [-0.2, 0) is 0 Å². The molecule has 0 unspecified atom stereocenters. The number of hydrogen-bond donors (Lipinski definition) is 0. The molecule has 0 N–H and O–H groups in total. The van der Waals surface area contributed by atoms with E-state index in [2.05, 4.69) is 36.4 Å². The van der Waals surface area contributed by atoms with Gasteiger partial charge in [-0.25, -0.2) is 0 Å². The summed E-state index contributed by atoms with van der Waals surface area (Å²) in [5, 5.41) is 0. The highest BCUT2D eigenvalue weighted by atomic mass is 16.5. The fraction of sp³-hybridized carbons (Fsp3) is 0.556. The van der Waals surface area contributed by atoms with Gasteiger partial charge in [-0.3, -0.25) is 0 Å². The summed E-state index contributed by atoms with van der Waals surface area (Å²) >= 11 is 0. The molecule has 0 aromatic heterocycles. The molecular formula is C27H36O2. The van der Waals surface area contributed by atoms with Crippen molar-refractivity contribution in [2.45, 2.75) is 70.1 Å². The Kier molecular flexibility index (Phi) is 6.79. The van der Waals surface area contributed by atoms with Crippen molar-refractivity contribution in [3.63, 3.8) is 0 Å². The zero-order chi connectivity index (χ0) is 20.1. The molecule has 0 heterocycles. The van der Waals surface area contributed by atoms with E-state index in [1.807, 2.05) is 6.07 Å². The van der Waals surface area contributed by atoms with Crippen LogP contribution in [-0.4, -0.2) is 14.2 Å². The Bertz CT molecular complexity index is 745. The van der Waals surface area contributed by atoms with E-state index in [0.717, 1.165) is 28.9 Å². The molecule has 2 aliphatic rings. The van der Waals surface area contributed by atoms with Gasteiger partial charge in [-0.05, 0) is 66.7 Å². The van der Waals surface area contributed by atoms with Crippen LogP contribution in [0.15, 0.2) is 42.5 Å². The maximum atomic E-state index is 5.79. The van der Waals surface area contributed by atoms with Crippen LogP contribution in [0.3, 0.4) is 0 Å². The lowest BCUT2D eigenvalue weighted by Crippen LogP contribution is -2.26. The fourth-order valence-electron chi connectivity index (χ4n) is 6.01. The Morgan fingerprint density at radius 2 is 1.17 bits per heavy atom. The molecule has 4 rings (SSSR count). The van der Waals surface area contributed by atoms with E-state index in [9.17, 15) is 0 Å². The number of rotatable bonds is 6. The Morgan fingerprint density at radius 1 is 0.655 bits per heavy atom. The van der Waals surface area contributed by atoms with Gasteiger partial charge in [0.1, 0.15) is 11.5 Å². The third kappa shape index (κ3) is 4.32. The van der Waals surface area contributed by atoms with E-state index in [1.165, 1.54) is 75.3 Å². The molecule has 2 aromatic rings. The second kappa shape index (κ2) is 9.69. The van der Waals surface area contributed by atoms with Gasteiger partial charge in [-0.2, -0.15) is 0 Å². The molecule has 0 radical (unpaired) electrons. The van der Waals surface area contributed by atoms with Gasteiger partial charge in [0.15, 0.2) is 0 Å². The van der Waals surface area contributed by atoms with Crippen LogP contribution in [0.5, 0.6) is 11.5 Å².